The van der Waals surface area contributed by atoms with Crippen LogP contribution in [0.1, 0.15) is 16.0 Å². The molecule has 2 aromatic heterocycles. The largest absolute Gasteiger partial charge is 0.301 e. The average Bonchev–Trinajstić information content (AvgIpc) is 3.51. The summed E-state index contributed by atoms with van der Waals surface area (Å²) in [5.74, 6) is 0.810. The number of thioether (sulfide) groups is 1. The Balaban J connectivity index is 1.29. The summed E-state index contributed by atoms with van der Waals surface area (Å²) in [6, 6.07) is 28.3. The van der Waals surface area contributed by atoms with Crippen LogP contribution in [0, 0.1) is 6.92 Å². The molecular weight excluding hydrogens is 474 g/mol. The molecular formula is C27H23N5OS2. The van der Waals surface area contributed by atoms with Crippen LogP contribution in [-0.4, -0.2) is 31.4 Å². The average molecular weight is 498 g/mol. The molecule has 2 heterocycles. The zero-order valence-electron chi connectivity index (χ0n) is 19.1. The first kappa shape index (κ1) is 23.0. The molecule has 0 saturated carbocycles. The molecule has 0 radical (unpaired) electrons. The molecule has 0 aliphatic heterocycles. The van der Waals surface area contributed by atoms with Gasteiger partial charge in [0.15, 0.2) is 16.1 Å². The molecule has 0 unspecified atom stereocenters. The van der Waals surface area contributed by atoms with Crippen molar-refractivity contribution in [3.05, 3.63) is 107 Å². The molecule has 0 saturated heterocycles. The fourth-order valence-corrected chi connectivity index (χ4v) is 5.21. The number of aryl methyl sites for hydroxylation is 1. The van der Waals surface area contributed by atoms with E-state index in [2.05, 4.69) is 51.7 Å². The Hall–Kier alpha value is -3.75. The molecule has 174 valence electrons. The number of carbonyl (C=O) groups excluding carboxylic acids is 1. The third-order valence-corrected chi connectivity index (χ3v) is 7.15. The fraction of sp³-hybridized carbons (Fsp3) is 0.111. The number of amides is 1. The Morgan fingerprint density at radius 1 is 0.943 bits per heavy atom. The highest BCUT2D eigenvalue weighted by atomic mass is 32.2. The van der Waals surface area contributed by atoms with Crippen LogP contribution >= 0.6 is 23.1 Å². The van der Waals surface area contributed by atoms with Crippen molar-refractivity contribution in [3.63, 3.8) is 0 Å². The number of hydrogen-bond acceptors (Lipinski definition) is 6. The Labute approximate surface area is 212 Å². The van der Waals surface area contributed by atoms with E-state index in [1.165, 1.54) is 34.2 Å². The van der Waals surface area contributed by atoms with Crippen molar-refractivity contribution >= 4 is 34.1 Å². The van der Waals surface area contributed by atoms with Crippen LogP contribution in [0.25, 0.3) is 17.1 Å². The van der Waals surface area contributed by atoms with Crippen LogP contribution < -0.4 is 5.32 Å². The van der Waals surface area contributed by atoms with E-state index in [0.717, 1.165) is 28.4 Å². The topological polar surface area (TPSA) is 72.7 Å². The van der Waals surface area contributed by atoms with Crippen LogP contribution in [-0.2, 0) is 11.2 Å². The minimum absolute atomic E-state index is 0.129. The van der Waals surface area contributed by atoms with Crippen molar-refractivity contribution in [3.8, 4) is 17.1 Å². The molecule has 0 fully saturated rings. The second kappa shape index (κ2) is 10.7. The number of benzene rings is 3. The lowest BCUT2D eigenvalue weighted by Crippen LogP contribution is -2.14. The molecule has 3 aromatic carbocycles. The first-order chi connectivity index (χ1) is 17.2. The van der Waals surface area contributed by atoms with E-state index >= 15 is 0 Å². The van der Waals surface area contributed by atoms with Gasteiger partial charge in [0.2, 0.25) is 5.91 Å². The monoisotopic (exact) mass is 497 g/mol. The Morgan fingerprint density at radius 2 is 1.66 bits per heavy atom. The predicted octanol–water partition coefficient (Wildman–Crippen LogP) is 6.02. The standard InChI is InChI=1S/C27H23N5OS2/c1-19-12-14-22(15-13-19)32-25(21-10-6-3-7-11-21)30-31-27(32)34-18-24(33)29-26-28-17-23(35-26)16-20-8-4-2-5-9-20/h2-15,17H,16,18H2,1H3,(H,28,29,33). The number of carbonyl (C=O) groups is 1. The number of aromatic nitrogens is 4. The van der Waals surface area contributed by atoms with E-state index in [1.807, 2.05) is 71.4 Å². The predicted molar refractivity (Wildman–Crippen MR) is 142 cm³/mol. The van der Waals surface area contributed by atoms with Crippen LogP contribution in [0.15, 0.2) is 96.3 Å². The first-order valence-electron chi connectivity index (χ1n) is 11.1. The lowest BCUT2D eigenvalue weighted by molar-refractivity contribution is -0.113. The van der Waals surface area contributed by atoms with Gasteiger partial charge in [-0.25, -0.2) is 4.98 Å². The van der Waals surface area contributed by atoms with Crippen LogP contribution in [0.5, 0.6) is 0 Å². The third-order valence-electron chi connectivity index (χ3n) is 5.31. The fourth-order valence-electron chi connectivity index (χ4n) is 3.59. The van der Waals surface area contributed by atoms with E-state index in [4.69, 9.17) is 0 Å². The summed E-state index contributed by atoms with van der Waals surface area (Å²) in [5, 5.41) is 13.0. The number of hydrogen-bond donors (Lipinski definition) is 1. The highest BCUT2D eigenvalue weighted by molar-refractivity contribution is 7.99. The van der Waals surface area contributed by atoms with Crippen molar-refractivity contribution in [2.75, 3.05) is 11.1 Å². The van der Waals surface area contributed by atoms with E-state index in [0.29, 0.717) is 10.3 Å². The summed E-state index contributed by atoms with van der Waals surface area (Å²) >= 11 is 2.85. The highest BCUT2D eigenvalue weighted by Crippen LogP contribution is 2.28. The minimum Gasteiger partial charge on any atom is -0.301 e. The normalized spacial score (nSPS) is 10.9. The second-order valence-electron chi connectivity index (χ2n) is 7.97. The van der Waals surface area contributed by atoms with Crippen molar-refractivity contribution in [1.29, 1.82) is 0 Å². The first-order valence-corrected chi connectivity index (χ1v) is 12.9. The van der Waals surface area contributed by atoms with Gasteiger partial charge in [-0.1, -0.05) is 90.1 Å². The Bertz CT molecular complexity index is 1410. The van der Waals surface area contributed by atoms with Crippen LogP contribution in [0.2, 0.25) is 0 Å². The van der Waals surface area contributed by atoms with Crippen molar-refractivity contribution in [1.82, 2.24) is 19.7 Å². The summed E-state index contributed by atoms with van der Waals surface area (Å²) < 4.78 is 1.99. The van der Waals surface area contributed by atoms with Gasteiger partial charge < -0.3 is 5.32 Å². The Kier molecular flexibility index (Phi) is 7.02. The zero-order valence-corrected chi connectivity index (χ0v) is 20.7. The SMILES string of the molecule is Cc1ccc(-n2c(SCC(=O)Nc3ncc(Cc4ccccc4)s3)nnc2-c2ccccc2)cc1. The summed E-state index contributed by atoms with van der Waals surface area (Å²) in [4.78, 5) is 18.2. The maximum atomic E-state index is 12.7. The smallest absolute Gasteiger partial charge is 0.236 e. The van der Waals surface area contributed by atoms with Crippen LogP contribution in [0.3, 0.4) is 0 Å². The molecule has 5 aromatic rings. The molecule has 1 amide bonds. The van der Waals surface area contributed by atoms with Gasteiger partial charge in [0.25, 0.3) is 0 Å². The number of nitrogens with one attached hydrogen (secondary N) is 1. The number of anilines is 1. The lowest BCUT2D eigenvalue weighted by Gasteiger charge is -2.10. The molecule has 0 aliphatic rings. The number of nitrogens with zero attached hydrogens (tertiary/aromatic N) is 4. The molecule has 5 rings (SSSR count). The molecule has 35 heavy (non-hydrogen) atoms. The summed E-state index contributed by atoms with van der Waals surface area (Å²) in [6.07, 6.45) is 2.62. The number of rotatable bonds is 8. The Morgan fingerprint density at radius 3 is 2.40 bits per heavy atom. The molecule has 6 nitrogen and oxygen atoms in total. The van der Waals surface area contributed by atoms with Crippen molar-refractivity contribution < 1.29 is 4.79 Å². The molecule has 0 bridgehead atoms. The van der Waals surface area contributed by atoms with Gasteiger partial charge in [0.1, 0.15) is 0 Å². The molecule has 0 aliphatic carbocycles. The number of thiazole rings is 1. The molecule has 0 atom stereocenters. The lowest BCUT2D eigenvalue weighted by atomic mass is 10.1. The minimum atomic E-state index is -0.129. The van der Waals surface area contributed by atoms with Crippen LogP contribution in [0.4, 0.5) is 5.13 Å². The zero-order chi connectivity index (χ0) is 24.0. The maximum Gasteiger partial charge on any atom is 0.236 e. The second-order valence-corrected chi connectivity index (χ2v) is 10.0. The quantitative estimate of drug-likeness (QED) is 0.265. The third kappa shape index (κ3) is 5.67. The van der Waals surface area contributed by atoms with Gasteiger partial charge in [0.05, 0.1) is 5.75 Å². The van der Waals surface area contributed by atoms with E-state index in [1.54, 1.807) is 0 Å². The molecule has 0 spiro atoms. The van der Waals surface area contributed by atoms with E-state index in [9.17, 15) is 4.79 Å². The van der Waals surface area contributed by atoms with Gasteiger partial charge >= 0.3 is 0 Å². The van der Waals surface area contributed by atoms with E-state index in [-0.39, 0.29) is 11.7 Å². The maximum absolute atomic E-state index is 12.7. The summed E-state index contributed by atoms with van der Waals surface area (Å²) in [5.41, 5.74) is 4.31. The van der Waals surface area contributed by atoms with Gasteiger partial charge in [0, 0.05) is 28.7 Å². The highest BCUT2D eigenvalue weighted by Gasteiger charge is 2.17. The van der Waals surface area contributed by atoms with Gasteiger partial charge in [-0.15, -0.1) is 21.5 Å². The van der Waals surface area contributed by atoms with Gasteiger partial charge in [-0.3, -0.25) is 9.36 Å². The van der Waals surface area contributed by atoms with Gasteiger partial charge in [-0.2, -0.15) is 0 Å². The summed E-state index contributed by atoms with van der Waals surface area (Å²) in [6.45, 7) is 2.05. The molecule has 1 N–H and O–H groups in total. The van der Waals surface area contributed by atoms with Crippen molar-refractivity contribution in [2.24, 2.45) is 0 Å². The van der Waals surface area contributed by atoms with E-state index < -0.39 is 0 Å². The summed E-state index contributed by atoms with van der Waals surface area (Å²) in [7, 11) is 0. The van der Waals surface area contributed by atoms with Crippen molar-refractivity contribution in [2.45, 2.75) is 18.5 Å². The van der Waals surface area contributed by atoms with Gasteiger partial charge in [-0.05, 0) is 24.6 Å². The molecule has 8 heteroatoms.